The lowest BCUT2D eigenvalue weighted by molar-refractivity contribution is 0.530. The average Bonchev–Trinajstić information content (AvgIpc) is 1.97. The van der Waals surface area contributed by atoms with Crippen LogP contribution >= 0.6 is 12.6 Å². The molecule has 0 aromatic carbocycles. The number of hydrogen-bond donors (Lipinski definition) is 2. The monoisotopic (exact) mass is 159 g/mol. The Kier molecular flexibility index (Phi) is 7.20. The SMILES string of the molecule is CCNCC(C)C/C=C\S. The fourth-order valence-electron chi connectivity index (χ4n) is 0.767. The molecule has 0 aliphatic rings. The molecule has 0 amide bonds. The number of allylic oxidation sites excluding steroid dienone is 1. The molecule has 0 aliphatic heterocycles. The second-order valence-corrected chi connectivity index (χ2v) is 2.83. The van der Waals surface area contributed by atoms with Crippen molar-refractivity contribution >= 4 is 12.6 Å². The Labute approximate surface area is 69.3 Å². The smallest absolute Gasteiger partial charge is 0.00203 e. The normalized spacial score (nSPS) is 14.3. The summed E-state index contributed by atoms with van der Waals surface area (Å²) in [6, 6.07) is 0. The van der Waals surface area contributed by atoms with E-state index in [4.69, 9.17) is 0 Å². The van der Waals surface area contributed by atoms with Gasteiger partial charge in [0.15, 0.2) is 0 Å². The summed E-state index contributed by atoms with van der Waals surface area (Å²) in [6.07, 6.45) is 3.21. The largest absolute Gasteiger partial charge is 0.317 e. The maximum absolute atomic E-state index is 3.99. The van der Waals surface area contributed by atoms with E-state index in [9.17, 15) is 0 Å². The van der Waals surface area contributed by atoms with E-state index in [1.54, 1.807) is 0 Å². The number of nitrogens with one attached hydrogen (secondary N) is 1. The molecule has 0 saturated heterocycles. The van der Waals surface area contributed by atoms with E-state index in [-0.39, 0.29) is 0 Å². The topological polar surface area (TPSA) is 12.0 Å². The van der Waals surface area contributed by atoms with Crippen molar-refractivity contribution in [2.75, 3.05) is 13.1 Å². The van der Waals surface area contributed by atoms with E-state index >= 15 is 0 Å². The molecule has 1 nitrogen and oxygen atoms in total. The molecule has 0 bridgehead atoms. The van der Waals surface area contributed by atoms with E-state index in [2.05, 4.69) is 37.9 Å². The Hall–Kier alpha value is 0.0500. The summed E-state index contributed by atoms with van der Waals surface area (Å²) in [7, 11) is 0. The molecule has 0 aliphatic carbocycles. The van der Waals surface area contributed by atoms with Gasteiger partial charge in [-0.1, -0.05) is 19.9 Å². The lowest BCUT2D eigenvalue weighted by atomic mass is 10.1. The van der Waals surface area contributed by atoms with Crippen LogP contribution in [0.3, 0.4) is 0 Å². The van der Waals surface area contributed by atoms with Crippen molar-refractivity contribution in [2.24, 2.45) is 5.92 Å². The second kappa shape index (κ2) is 7.16. The van der Waals surface area contributed by atoms with Crippen molar-refractivity contribution < 1.29 is 0 Å². The van der Waals surface area contributed by atoms with Crippen LogP contribution < -0.4 is 5.32 Å². The highest BCUT2D eigenvalue weighted by molar-refractivity contribution is 7.83. The molecule has 2 heteroatoms. The number of hydrogen-bond acceptors (Lipinski definition) is 2. The number of rotatable bonds is 5. The van der Waals surface area contributed by atoms with Gasteiger partial charge >= 0.3 is 0 Å². The second-order valence-electron chi connectivity index (χ2n) is 2.53. The minimum Gasteiger partial charge on any atom is -0.317 e. The van der Waals surface area contributed by atoms with Crippen molar-refractivity contribution in [2.45, 2.75) is 20.3 Å². The molecule has 10 heavy (non-hydrogen) atoms. The van der Waals surface area contributed by atoms with Crippen LogP contribution in [0.1, 0.15) is 20.3 Å². The quantitative estimate of drug-likeness (QED) is 0.585. The highest BCUT2D eigenvalue weighted by atomic mass is 32.1. The lowest BCUT2D eigenvalue weighted by Gasteiger charge is -2.07. The van der Waals surface area contributed by atoms with Crippen LogP contribution in [0.15, 0.2) is 11.5 Å². The highest BCUT2D eigenvalue weighted by Crippen LogP contribution is 2.00. The first-order valence-electron chi connectivity index (χ1n) is 3.81. The van der Waals surface area contributed by atoms with E-state index in [0.717, 1.165) is 25.4 Å². The van der Waals surface area contributed by atoms with E-state index in [0.29, 0.717) is 0 Å². The van der Waals surface area contributed by atoms with Gasteiger partial charge in [0.1, 0.15) is 0 Å². The third kappa shape index (κ3) is 6.17. The van der Waals surface area contributed by atoms with Gasteiger partial charge in [-0.2, -0.15) is 12.6 Å². The van der Waals surface area contributed by atoms with Gasteiger partial charge in [-0.25, -0.2) is 0 Å². The standard InChI is InChI=1S/C8H17NS/c1-3-9-7-8(2)5-4-6-10/h4,6,8-10H,3,5,7H2,1-2H3/b6-4-. The van der Waals surface area contributed by atoms with Gasteiger partial charge in [0, 0.05) is 0 Å². The lowest BCUT2D eigenvalue weighted by Crippen LogP contribution is -2.19. The molecule has 0 heterocycles. The van der Waals surface area contributed by atoms with Gasteiger partial charge in [-0.05, 0) is 30.8 Å². The van der Waals surface area contributed by atoms with Crippen LogP contribution in [0, 0.1) is 5.92 Å². The third-order valence-electron chi connectivity index (χ3n) is 1.39. The number of thiol groups is 1. The molecular weight excluding hydrogens is 142 g/mol. The molecule has 0 aromatic rings. The summed E-state index contributed by atoms with van der Waals surface area (Å²) in [6.45, 7) is 6.53. The summed E-state index contributed by atoms with van der Waals surface area (Å²) in [5.74, 6) is 0.725. The van der Waals surface area contributed by atoms with Crippen LogP contribution in [0.25, 0.3) is 0 Å². The maximum atomic E-state index is 3.99. The van der Waals surface area contributed by atoms with Crippen molar-refractivity contribution in [3.8, 4) is 0 Å². The molecule has 0 fully saturated rings. The van der Waals surface area contributed by atoms with Gasteiger partial charge in [-0.3, -0.25) is 0 Å². The van der Waals surface area contributed by atoms with Gasteiger partial charge in [-0.15, -0.1) is 0 Å². The Bertz CT molecular complexity index is 91.3. The first-order chi connectivity index (χ1) is 4.81. The van der Waals surface area contributed by atoms with Crippen LogP contribution in [-0.2, 0) is 0 Å². The third-order valence-corrected chi connectivity index (χ3v) is 1.60. The van der Waals surface area contributed by atoms with Gasteiger partial charge < -0.3 is 5.32 Å². The van der Waals surface area contributed by atoms with Crippen LogP contribution in [0.2, 0.25) is 0 Å². The summed E-state index contributed by atoms with van der Waals surface area (Å²) in [5.41, 5.74) is 0. The zero-order valence-electron chi connectivity index (χ0n) is 6.80. The Balaban J connectivity index is 3.16. The molecule has 0 rings (SSSR count). The zero-order valence-corrected chi connectivity index (χ0v) is 7.70. The van der Waals surface area contributed by atoms with Crippen LogP contribution in [0.4, 0.5) is 0 Å². The Morgan fingerprint density at radius 2 is 2.30 bits per heavy atom. The molecule has 0 radical (unpaired) electrons. The van der Waals surface area contributed by atoms with Gasteiger partial charge in [0.2, 0.25) is 0 Å². The molecular formula is C8H17NS. The van der Waals surface area contributed by atoms with Crippen molar-refractivity contribution in [1.29, 1.82) is 0 Å². The highest BCUT2D eigenvalue weighted by Gasteiger charge is 1.95. The van der Waals surface area contributed by atoms with Crippen LogP contribution in [0.5, 0.6) is 0 Å². The zero-order chi connectivity index (χ0) is 7.82. The first kappa shape index (κ1) is 10.0. The predicted octanol–water partition coefficient (Wildman–Crippen LogP) is 2.07. The van der Waals surface area contributed by atoms with Gasteiger partial charge in [0.05, 0.1) is 0 Å². The van der Waals surface area contributed by atoms with E-state index in [1.807, 2.05) is 5.41 Å². The molecule has 1 unspecified atom stereocenters. The minimum absolute atomic E-state index is 0.725. The average molecular weight is 159 g/mol. The summed E-state index contributed by atoms with van der Waals surface area (Å²) >= 11 is 3.99. The fraction of sp³-hybridized carbons (Fsp3) is 0.750. The first-order valence-corrected chi connectivity index (χ1v) is 4.32. The summed E-state index contributed by atoms with van der Waals surface area (Å²) in [5, 5.41) is 5.11. The minimum atomic E-state index is 0.725. The Morgan fingerprint density at radius 1 is 1.60 bits per heavy atom. The van der Waals surface area contributed by atoms with E-state index in [1.165, 1.54) is 0 Å². The Morgan fingerprint density at radius 3 is 2.80 bits per heavy atom. The molecule has 0 aromatic heterocycles. The predicted molar refractivity (Wildman–Crippen MR) is 50.5 cm³/mol. The maximum Gasteiger partial charge on any atom is -0.00203 e. The van der Waals surface area contributed by atoms with Crippen molar-refractivity contribution in [3.63, 3.8) is 0 Å². The molecule has 0 spiro atoms. The van der Waals surface area contributed by atoms with Crippen molar-refractivity contribution in [3.05, 3.63) is 11.5 Å². The van der Waals surface area contributed by atoms with Crippen LogP contribution in [-0.4, -0.2) is 13.1 Å². The van der Waals surface area contributed by atoms with Gasteiger partial charge in [0.25, 0.3) is 0 Å². The fourth-order valence-corrected chi connectivity index (χ4v) is 0.889. The molecule has 1 atom stereocenters. The molecule has 1 N–H and O–H groups in total. The van der Waals surface area contributed by atoms with Crippen molar-refractivity contribution in [1.82, 2.24) is 5.32 Å². The summed E-state index contributed by atoms with van der Waals surface area (Å²) < 4.78 is 0. The molecule has 0 saturated carbocycles. The summed E-state index contributed by atoms with van der Waals surface area (Å²) in [4.78, 5) is 0. The molecule has 60 valence electrons. The van der Waals surface area contributed by atoms with E-state index < -0.39 is 0 Å².